The zero-order chi connectivity index (χ0) is 19.3. The Bertz CT molecular complexity index is 846. The van der Waals surface area contributed by atoms with Crippen LogP contribution in [0.3, 0.4) is 0 Å². The van der Waals surface area contributed by atoms with Crippen LogP contribution in [0.15, 0.2) is 24.3 Å². The summed E-state index contributed by atoms with van der Waals surface area (Å²) in [6.07, 6.45) is 0.0472. The summed E-state index contributed by atoms with van der Waals surface area (Å²) in [5, 5.41) is 28.6. The van der Waals surface area contributed by atoms with Gasteiger partial charge in [0.2, 0.25) is 0 Å². The fraction of sp³-hybridized carbons (Fsp3) is 0.421. The second kappa shape index (κ2) is 5.58. The fourth-order valence-corrected chi connectivity index (χ4v) is 3.57. The van der Waals surface area contributed by atoms with Crippen LogP contribution in [-0.4, -0.2) is 56.8 Å². The third-order valence-corrected chi connectivity index (χ3v) is 5.04. The number of carboxylic acids is 2. The molecule has 2 atom stereocenters. The monoisotopic (exact) mass is 357 g/mol. The van der Waals surface area contributed by atoms with E-state index in [1.807, 2.05) is 0 Å². The molecule has 1 aromatic rings. The van der Waals surface area contributed by atoms with Gasteiger partial charge < -0.3 is 20.2 Å². The first kappa shape index (κ1) is 18.0. The molecule has 7 nitrogen and oxygen atoms in total. The lowest BCUT2D eigenvalue weighted by atomic mass is 9.97. The van der Waals surface area contributed by atoms with Crippen molar-refractivity contribution in [2.24, 2.45) is 10.8 Å². The summed E-state index contributed by atoms with van der Waals surface area (Å²) in [6, 6.07) is 6.45. The Labute approximate surface area is 150 Å². The number of benzene rings is 1. The van der Waals surface area contributed by atoms with Crippen LogP contribution in [0.1, 0.15) is 36.2 Å². The van der Waals surface area contributed by atoms with Gasteiger partial charge in [-0.05, 0) is 38.5 Å². The van der Waals surface area contributed by atoms with Crippen molar-refractivity contribution in [2.45, 2.75) is 25.9 Å². The van der Waals surface area contributed by atoms with E-state index in [0.29, 0.717) is 11.1 Å². The van der Waals surface area contributed by atoms with Crippen molar-refractivity contribution in [1.29, 1.82) is 0 Å². The first-order valence-corrected chi connectivity index (χ1v) is 8.12. The summed E-state index contributed by atoms with van der Waals surface area (Å²) in [5.41, 5.74) is -3.13. The Morgan fingerprint density at radius 3 is 2.19 bits per heavy atom. The molecule has 7 heteroatoms. The van der Waals surface area contributed by atoms with Gasteiger partial charge in [-0.1, -0.05) is 17.9 Å². The molecule has 2 aliphatic rings. The highest BCUT2D eigenvalue weighted by Crippen LogP contribution is 2.68. The molecular weight excluding hydrogens is 338 g/mol. The Morgan fingerprint density at radius 2 is 1.69 bits per heavy atom. The van der Waals surface area contributed by atoms with Crippen LogP contribution in [0.2, 0.25) is 0 Å². The van der Waals surface area contributed by atoms with E-state index < -0.39 is 34.3 Å². The normalized spacial score (nSPS) is 26.5. The third kappa shape index (κ3) is 2.72. The number of fused-ring (bicyclic) bond motifs is 1. The van der Waals surface area contributed by atoms with Crippen molar-refractivity contribution in [3.05, 3.63) is 35.4 Å². The molecule has 1 aliphatic heterocycles. The van der Waals surface area contributed by atoms with Crippen molar-refractivity contribution in [2.75, 3.05) is 13.1 Å². The molecule has 1 saturated carbocycles. The van der Waals surface area contributed by atoms with Crippen LogP contribution in [0.4, 0.5) is 0 Å². The highest BCUT2D eigenvalue weighted by atomic mass is 16.4. The molecule has 2 fully saturated rings. The number of piperidine rings is 1. The molecule has 136 valence electrons. The smallest absolute Gasteiger partial charge is 0.312 e. The van der Waals surface area contributed by atoms with Crippen molar-refractivity contribution in [1.82, 2.24) is 4.90 Å². The van der Waals surface area contributed by atoms with Crippen LogP contribution in [0.5, 0.6) is 0 Å². The number of aliphatic carboxylic acids is 2. The van der Waals surface area contributed by atoms with Gasteiger partial charge in [-0.2, -0.15) is 0 Å². The van der Waals surface area contributed by atoms with Crippen molar-refractivity contribution < 1.29 is 29.7 Å². The van der Waals surface area contributed by atoms with Crippen LogP contribution in [0, 0.1) is 22.7 Å². The minimum absolute atomic E-state index is 0.0472. The van der Waals surface area contributed by atoms with E-state index >= 15 is 0 Å². The predicted molar refractivity (Wildman–Crippen MR) is 90.3 cm³/mol. The fourth-order valence-electron chi connectivity index (χ4n) is 3.57. The summed E-state index contributed by atoms with van der Waals surface area (Å²) in [6.45, 7) is 2.85. The molecule has 3 N–H and O–H groups in total. The molecule has 0 radical (unpaired) electrons. The van der Waals surface area contributed by atoms with Crippen molar-refractivity contribution >= 4 is 17.8 Å². The maximum absolute atomic E-state index is 12.7. The lowest BCUT2D eigenvalue weighted by molar-refractivity contribution is -0.151. The molecule has 1 amide bonds. The maximum atomic E-state index is 12.7. The molecule has 0 unspecified atom stereocenters. The number of carbonyl (C=O) groups excluding carboxylic acids is 1. The van der Waals surface area contributed by atoms with E-state index in [4.69, 9.17) is 0 Å². The largest absolute Gasteiger partial charge is 0.481 e. The first-order valence-electron chi connectivity index (χ1n) is 8.12. The topological polar surface area (TPSA) is 115 Å². The standard InChI is InChI=1S/C19H19NO6/c1-17(2,26)7-6-12-4-3-5-13(8-12)14(21)20-10-18(15(22)23)9-19(18,11-20)16(24)25/h3-5,8,26H,9-11H2,1-2H3,(H,22,23)(H,24,25)/t18-,19+. The number of hydrogen-bond donors (Lipinski definition) is 3. The van der Waals surface area contributed by atoms with Gasteiger partial charge in [0.25, 0.3) is 5.91 Å². The van der Waals surface area contributed by atoms with Crippen molar-refractivity contribution in [3.8, 4) is 11.8 Å². The Kier molecular flexibility index (Phi) is 3.85. The number of likely N-dealkylation sites (tertiary alicyclic amines) is 1. The second-order valence-corrected chi connectivity index (χ2v) is 7.50. The van der Waals surface area contributed by atoms with E-state index in [9.17, 15) is 29.7 Å². The van der Waals surface area contributed by atoms with E-state index in [2.05, 4.69) is 11.8 Å². The summed E-state index contributed by atoms with van der Waals surface area (Å²) in [7, 11) is 0. The van der Waals surface area contributed by atoms with Gasteiger partial charge in [-0.3, -0.25) is 14.4 Å². The predicted octanol–water partition coefficient (Wildman–Crippen LogP) is 0.810. The van der Waals surface area contributed by atoms with Gasteiger partial charge in [0.15, 0.2) is 0 Å². The summed E-state index contributed by atoms with van der Waals surface area (Å²) in [5.74, 6) is 2.65. The summed E-state index contributed by atoms with van der Waals surface area (Å²) < 4.78 is 0. The molecule has 0 spiro atoms. The van der Waals surface area contributed by atoms with Crippen molar-refractivity contribution in [3.63, 3.8) is 0 Å². The number of amides is 1. The molecule has 1 aliphatic carbocycles. The van der Waals surface area contributed by atoms with E-state index in [-0.39, 0.29) is 19.5 Å². The Hall–Kier alpha value is -2.85. The average Bonchev–Trinajstić information content (AvgIpc) is 3.10. The van der Waals surface area contributed by atoms with Gasteiger partial charge in [-0.25, -0.2) is 0 Å². The minimum Gasteiger partial charge on any atom is -0.481 e. The highest BCUT2D eigenvalue weighted by Gasteiger charge is 2.81. The molecule has 0 aromatic heterocycles. The van der Waals surface area contributed by atoms with Gasteiger partial charge in [0.05, 0.1) is 0 Å². The van der Waals surface area contributed by atoms with Gasteiger partial charge in [-0.15, -0.1) is 0 Å². The molecule has 1 aromatic carbocycles. The Morgan fingerprint density at radius 1 is 1.12 bits per heavy atom. The molecule has 0 bridgehead atoms. The van der Waals surface area contributed by atoms with Crippen LogP contribution >= 0.6 is 0 Å². The summed E-state index contributed by atoms with van der Waals surface area (Å²) in [4.78, 5) is 37.2. The quantitative estimate of drug-likeness (QED) is 0.690. The van der Waals surface area contributed by atoms with Crippen LogP contribution in [0.25, 0.3) is 0 Å². The van der Waals surface area contributed by atoms with Crippen LogP contribution < -0.4 is 0 Å². The lowest BCUT2D eigenvalue weighted by Crippen LogP contribution is -2.34. The molecular formula is C19H19NO6. The van der Waals surface area contributed by atoms with E-state index in [0.717, 1.165) is 0 Å². The number of carbonyl (C=O) groups is 3. The zero-order valence-electron chi connectivity index (χ0n) is 14.4. The van der Waals surface area contributed by atoms with Gasteiger partial charge >= 0.3 is 11.9 Å². The molecule has 1 saturated heterocycles. The average molecular weight is 357 g/mol. The number of carboxylic acid groups (broad SMARTS) is 2. The van der Waals surface area contributed by atoms with Crippen LogP contribution in [-0.2, 0) is 9.59 Å². The number of hydrogen-bond acceptors (Lipinski definition) is 4. The number of aliphatic hydroxyl groups is 1. The SMILES string of the molecule is CC(C)(O)C#Cc1cccc(C(=O)N2C[C@@]3(C(=O)O)C[C@@]3(C(=O)O)C2)c1. The van der Waals surface area contributed by atoms with E-state index in [1.165, 1.54) is 4.90 Å². The Balaban J connectivity index is 1.84. The maximum Gasteiger partial charge on any atom is 0.312 e. The second-order valence-electron chi connectivity index (χ2n) is 7.50. The third-order valence-electron chi connectivity index (χ3n) is 5.04. The minimum atomic E-state index is -1.40. The van der Waals surface area contributed by atoms with E-state index in [1.54, 1.807) is 38.1 Å². The van der Waals surface area contributed by atoms with Gasteiger partial charge in [0, 0.05) is 24.2 Å². The number of rotatable bonds is 3. The number of nitrogens with zero attached hydrogens (tertiary/aromatic N) is 1. The summed E-state index contributed by atoms with van der Waals surface area (Å²) >= 11 is 0. The molecule has 1 heterocycles. The highest BCUT2D eigenvalue weighted by molar-refractivity contribution is 6.00. The first-order chi connectivity index (χ1) is 12.0. The zero-order valence-corrected chi connectivity index (χ0v) is 14.4. The molecule has 3 rings (SSSR count). The lowest BCUT2D eigenvalue weighted by Gasteiger charge is -2.20. The molecule has 26 heavy (non-hydrogen) atoms. The van der Waals surface area contributed by atoms with Gasteiger partial charge in [0.1, 0.15) is 16.4 Å².